The number of hydrogen-bond acceptors (Lipinski definition) is 7. The van der Waals surface area contributed by atoms with Crippen molar-refractivity contribution >= 4 is 33.1 Å². The summed E-state index contributed by atoms with van der Waals surface area (Å²) in [5.74, 6) is 1.26. The Hall–Kier alpha value is -2.67. The summed E-state index contributed by atoms with van der Waals surface area (Å²) >= 11 is 1.36. The van der Waals surface area contributed by atoms with Gasteiger partial charge in [0.1, 0.15) is 11.3 Å². The van der Waals surface area contributed by atoms with Crippen molar-refractivity contribution in [2.75, 3.05) is 12.5 Å². The van der Waals surface area contributed by atoms with Crippen LogP contribution in [0.2, 0.25) is 0 Å². The number of rotatable bonds is 6. The van der Waals surface area contributed by atoms with Gasteiger partial charge in [0, 0.05) is 17.3 Å². The lowest BCUT2D eigenvalue weighted by Crippen LogP contribution is -2.01. The van der Waals surface area contributed by atoms with E-state index in [1.54, 1.807) is 31.5 Å². The molecule has 6 nitrogen and oxygen atoms in total. The van der Waals surface area contributed by atoms with Crippen LogP contribution in [0.3, 0.4) is 0 Å². The summed E-state index contributed by atoms with van der Waals surface area (Å²) in [5, 5.41) is 5.76. The van der Waals surface area contributed by atoms with Crippen molar-refractivity contribution in [2.24, 2.45) is 11.0 Å². The summed E-state index contributed by atoms with van der Waals surface area (Å²) in [6.07, 6.45) is 2.57. The number of nitrogens with one attached hydrogen (secondary N) is 1. The maximum Gasteiger partial charge on any atom is 0.345 e. The molecule has 3 rings (SSSR count). The van der Waals surface area contributed by atoms with Crippen molar-refractivity contribution in [3.63, 3.8) is 0 Å². The number of aromatic nitrogens is 1. The molecule has 26 heavy (non-hydrogen) atoms. The predicted molar refractivity (Wildman–Crippen MR) is 106 cm³/mol. The number of thiazole rings is 1. The van der Waals surface area contributed by atoms with E-state index in [9.17, 15) is 4.79 Å². The zero-order valence-electron chi connectivity index (χ0n) is 15.2. The summed E-state index contributed by atoms with van der Waals surface area (Å²) in [5.41, 5.74) is 4.57. The molecule has 0 bridgehead atoms. The Morgan fingerprint density at radius 3 is 2.92 bits per heavy atom. The molecule has 7 heteroatoms. The second-order valence-corrected chi connectivity index (χ2v) is 7.47. The second-order valence-electron chi connectivity index (χ2n) is 6.44. The fourth-order valence-electron chi connectivity index (χ4n) is 2.63. The third kappa shape index (κ3) is 4.11. The van der Waals surface area contributed by atoms with Crippen LogP contribution < -0.4 is 15.8 Å². The van der Waals surface area contributed by atoms with Gasteiger partial charge in [-0.05, 0) is 43.5 Å². The Bertz CT molecular complexity index is 1000. The third-order valence-corrected chi connectivity index (χ3v) is 4.69. The van der Waals surface area contributed by atoms with E-state index in [1.807, 2.05) is 13.0 Å². The molecule has 0 saturated carbocycles. The van der Waals surface area contributed by atoms with E-state index in [1.165, 1.54) is 11.3 Å². The molecule has 2 heterocycles. The lowest BCUT2D eigenvalue weighted by Gasteiger charge is -2.03. The number of ether oxygens (including phenoxy) is 1. The quantitative estimate of drug-likeness (QED) is 0.384. The summed E-state index contributed by atoms with van der Waals surface area (Å²) in [7, 11) is 1.60. The van der Waals surface area contributed by atoms with E-state index in [0.717, 1.165) is 22.4 Å². The van der Waals surface area contributed by atoms with Gasteiger partial charge >= 0.3 is 5.63 Å². The van der Waals surface area contributed by atoms with Crippen LogP contribution in [0.1, 0.15) is 27.2 Å². The summed E-state index contributed by atoms with van der Waals surface area (Å²) in [4.78, 5) is 17.3. The molecule has 0 aliphatic rings. The SMILES string of the molecule is COc1ccc2oc(=O)c(-c3cnc(N/N=C(/C)CC(C)C)s3)cc2c1. The van der Waals surface area contributed by atoms with Crippen molar-refractivity contribution in [1.29, 1.82) is 0 Å². The second kappa shape index (κ2) is 7.70. The zero-order valence-corrected chi connectivity index (χ0v) is 16.0. The van der Waals surface area contributed by atoms with Crippen LogP contribution >= 0.6 is 11.3 Å². The number of benzene rings is 1. The number of methoxy groups -OCH3 is 1. The fourth-order valence-corrected chi connectivity index (χ4v) is 3.39. The van der Waals surface area contributed by atoms with Gasteiger partial charge in [-0.1, -0.05) is 25.2 Å². The van der Waals surface area contributed by atoms with Crippen molar-refractivity contribution < 1.29 is 9.15 Å². The molecule has 0 fully saturated rings. The molecule has 0 radical (unpaired) electrons. The van der Waals surface area contributed by atoms with Crippen molar-refractivity contribution in [3.05, 3.63) is 40.9 Å². The van der Waals surface area contributed by atoms with Gasteiger partial charge in [-0.25, -0.2) is 9.78 Å². The highest BCUT2D eigenvalue weighted by Crippen LogP contribution is 2.30. The van der Waals surface area contributed by atoms with E-state index in [4.69, 9.17) is 9.15 Å². The third-order valence-electron chi connectivity index (χ3n) is 3.76. The standard InChI is InChI=1S/C19H21N3O3S/c1-11(2)7-12(3)21-22-19-20-10-17(26-19)15-9-13-8-14(24-4)5-6-16(13)25-18(15)23/h5-6,8-11H,7H2,1-4H3,(H,20,22)/b21-12-. The molecule has 0 aliphatic heterocycles. The minimum atomic E-state index is -0.391. The number of nitrogens with zero attached hydrogens (tertiary/aromatic N) is 2. The van der Waals surface area contributed by atoms with Crippen LogP contribution in [0.5, 0.6) is 5.75 Å². The average Bonchev–Trinajstić information content (AvgIpc) is 3.07. The number of hydrazone groups is 1. The Morgan fingerprint density at radius 2 is 2.19 bits per heavy atom. The van der Waals surface area contributed by atoms with Crippen LogP contribution in [-0.2, 0) is 0 Å². The van der Waals surface area contributed by atoms with Gasteiger partial charge in [0.2, 0.25) is 5.13 Å². The lowest BCUT2D eigenvalue weighted by atomic mass is 10.1. The molecule has 1 N–H and O–H groups in total. The van der Waals surface area contributed by atoms with Crippen molar-refractivity contribution in [3.8, 4) is 16.2 Å². The highest BCUT2D eigenvalue weighted by Gasteiger charge is 2.12. The van der Waals surface area contributed by atoms with Crippen molar-refractivity contribution in [1.82, 2.24) is 4.98 Å². The number of anilines is 1. The number of fused-ring (bicyclic) bond motifs is 1. The molecule has 1 aromatic carbocycles. The maximum atomic E-state index is 12.3. The largest absolute Gasteiger partial charge is 0.497 e. The van der Waals surface area contributed by atoms with Gasteiger partial charge in [-0.15, -0.1) is 0 Å². The first kappa shape index (κ1) is 18.1. The molecule has 0 unspecified atom stereocenters. The Balaban J connectivity index is 1.88. The van der Waals surface area contributed by atoms with Crippen LogP contribution in [0.15, 0.2) is 44.8 Å². The van der Waals surface area contributed by atoms with Gasteiger partial charge in [0.25, 0.3) is 0 Å². The Morgan fingerprint density at radius 1 is 1.38 bits per heavy atom. The van der Waals surface area contributed by atoms with Crippen molar-refractivity contribution in [2.45, 2.75) is 27.2 Å². The average molecular weight is 371 g/mol. The molecule has 0 amide bonds. The van der Waals surface area contributed by atoms with Crippen LogP contribution in [0, 0.1) is 5.92 Å². The predicted octanol–water partition coefficient (Wildman–Crippen LogP) is 4.76. The molecule has 0 saturated heterocycles. The Kier molecular flexibility index (Phi) is 5.37. The van der Waals surface area contributed by atoms with Crippen LogP contribution in [0.4, 0.5) is 5.13 Å². The molecule has 0 spiro atoms. The normalized spacial score (nSPS) is 12.0. The lowest BCUT2D eigenvalue weighted by molar-refractivity contribution is 0.415. The smallest absolute Gasteiger partial charge is 0.345 e. The summed E-state index contributed by atoms with van der Waals surface area (Å²) in [6, 6.07) is 7.12. The highest BCUT2D eigenvalue weighted by molar-refractivity contribution is 7.18. The topological polar surface area (TPSA) is 76.7 Å². The molecule has 2 aromatic heterocycles. The summed E-state index contributed by atoms with van der Waals surface area (Å²) in [6.45, 7) is 6.27. The molecule has 136 valence electrons. The van der Waals surface area contributed by atoms with E-state index >= 15 is 0 Å². The van der Waals surface area contributed by atoms with Gasteiger partial charge in [0.15, 0.2) is 0 Å². The number of hydrogen-bond donors (Lipinski definition) is 1. The van der Waals surface area contributed by atoms with E-state index in [-0.39, 0.29) is 0 Å². The van der Waals surface area contributed by atoms with Gasteiger partial charge in [0.05, 0.1) is 17.6 Å². The van der Waals surface area contributed by atoms with E-state index < -0.39 is 5.63 Å². The Labute approximate surface area is 155 Å². The monoisotopic (exact) mass is 371 g/mol. The minimum Gasteiger partial charge on any atom is -0.497 e. The van der Waals surface area contributed by atoms with Gasteiger partial charge < -0.3 is 9.15 Å². The maximum absolute atomic E-state index is 12.3. The summed E-state index contributed by atoms with van der Waals surface area (Å²) < 4.78 is 10.6. The van der Waals surface area contributed by atoms with Gasteiger partial charge in [-0.3, -0.25) is 5.43 Å². The molecule has 0 atom stereocenters. The minimum absolute atomic E-state index is 0.391. The molecular formula is C19H21N3O3S. The highest BCUT2D eigenvalue weighted by atomic mass is 32.1. The van der Waals surface area contributed by atoms with E-state index in [0.29, 0.717) is 27.9 Å². The van der Waals surface area contributed by atoms with E-state index in [2.05, 4.69) is 29.4 Å². The van der Waals surface area contributed by atoms with Crippen LogP contribution in [0.25, 0.3) is 21.4 Å². The molecule has 0 aliphatic carbocycles. The molecular weight excluding hydrogens is 350 g/mol. The van der Waals surface area contributed by atoms with Crippen LogP contribution in [-0.4, -0.2) is 17.8 Å². The first-order valence-corrected chi connectivity index (χ1v) is 9.15. The fraction of sp³-hybridized carbons (Fsp3) is 0.316. The first-order valence-electron chi connectivity index (χ1n) is 8.33. The zero-order chi connectivity index (χ0) is 18.7. The van der Waals surface area contributed by atoms with Gasteiger partial charge in [-0.2, -0.15) is 5.10 Å². The molecule has 3 aromatic rings. The first-order chi connectivity index (χ1) is 12.5.